The molecule has 5 heteroatoms. The number of carbonyl (C=O) groups is 1. The summed E-state index contributed by atoms with van der Waals surface area (Å²) < 4.78 is 38.8. The Labute approximate surface area is 130 Å². The Morgan fingerprint density at radius 2 is 1.74 bits per heavy atom. The van der Waals surface area contributed by atoms with Gasteiger partial charge in [0.2, 0.25) is 0 Å². The van der Waals surface area contributed by atoms with E-state index < -0.39 is 11.7 Å². The van der Waals surface area contributed by atoms with E-state index in [1.807, 2.05) is 26.0 Å². The number of aryl methyl sites for hydroxylation is 2. The predicted octanol–water partition coefficient (Wildman–Crippen LogP) is 5.28. The first-order valence-corrected chi connectivity index (χ1v) is 7.07. The van der Waals surface area contributed by atoms with E-state index in [9.17, 15) is 18.0 Å². The lowest BCUT2D eigenvalue weighted by molar-refractivity contribution is -0.137. The fourth-order valence-corrected chi connectivity index (χ4v) is 2.83. The van der Waals surface area contributed by atoms with Gasteiger partial charge < -0.3 is 4.98 Å². The maximum atomic E-state index is 12.9. The Morgan fingerprint density at radius 1 is 1.04 bits per heavy atom. The van der Waals surface area contributed by atoms with E-state index in [4.69, 9.17) is 0 Å². The van der Waals surface area contributed by atoms with Gasteiger partial charge in [0.25, 0.3) is 0 Å². The largest absolute Gasteiger partial charge is 0.416 e. The van der Waals surface area contributed by atoms with E-state index in [1.165, 1.54) is 6.07 Å². The lowest BCUT2D eigenvalue weighted by atomic mass is 10.0. The molecule has 23 heavy (non-hydrogen) atoms. The summed E-state index contributed by atoms with van der Waals surface area (Å²) >= 11 is 0. The average molecular weight is 317 g/mol. The van der Waals surface area contributed by atoms with E-state index in [0.717, 1.165) is 34.2 Å². The molecule has 0 atom stereocenters. The third-order valence-electron chi connectivity index (χ3n) is 4.01. The summed E-state index contributed by atoms with van der Waals surface area (Å²) in [5.41, 5.74) is 3.03. The van der Waals surface area contributed by atoms with Crippen molar-refractivity contribution in [1.82, 2.24) is 4.98 Å². The van der Waals surface area contributed by atoms with Crippen molar-refractivity contribution < 1.29 is 18.0 Å². The summed E-state index contributed by atoms with van der Waals surface area (Å²) in [6.45, 7) is 3.77. The van der Waals surface area contributed by atoms with Gasteiger partial charge in [-0.1, -0.05) is 24.3 Å². The average Bonchev–Trinajstić information content (AvgIpc) is 2.91. The first kappa shape index (κ1) is 15.3. The van der Waals surface area contributed by atoms with Gasteiger partial charge in [0.1, 0.15) is 0 Å². The zero-order valence-electron chi connectivity index (χ0n) is 12.6. The Hall–Kier alpha value is -2.56. The molecule has 2 aromatic carbocycles. The van der Waals surface area contributed by atoms with Crippen LogP contribution >= 0.6 is 0 Å². The van der Waals surface area contributed by atoms with E-state index in [0.29, 0.717) is 23.1 Å². The highest BCUT2D eigenvalue weighted by atomic mass is 19.4. The molecule has 1 N–H and O–H groups in total. The number of H-pyrrole nitrogens is 1. The van der Waals surface area contributed by atoms with E-state index in [1.54, 1.807) is 6.07 Å². The van der Waals surface area contributed by atoms with Crippen molar-refractivity contribution in [3.63, 3.8) is 0 Å². The first-order valence-electron chi connectivity index (χ1n) is 7.07. The number of aldehydes is 1. The molecule has 1 heterocycles. The Morgan fingerprint density at radius 3 is 2.39 bits per heavy atom. The summed E-state index contributed by atoms with van der Waals surface area (Å²) in [7, 11) is 0. The second-order valence-corrected chi connectivity index (χ2v) is 5.56. The van der Waals surface area contributed by atoms with Crippen LogP contribution in [-0.2, 0) is 6.18 Å². The Kier molecular flexibility index (Phi) is 3.51. The molecule has 2 nitrogen and oxygen atoms in total. The van der Waals surface area contributed by atoms with Crippen molar-refractivity contribution >= 4 is 17.2 Å². The molecule has 0 fully saturated rings. The van der Waals surface area contributed by atoms with Crippen molar-refractivity contribution in [3.05, 3.63) is 58.7 Å². The highest BCUT2D eigenvalue weighted by Crippen LogP contribution is 2.36. The molecule has 3 rings (SSSR count). The van der Waals surface area contributed by atoms with Gasteiger partial charge in [0.15, 0.2) is 6.29 Å². The number of nitrogens with one attached hydrogen (secondary N) is 1. The number of fused-ring (bicyclic) bond motifs is 1. The van der Waals surface area contributed by atoms with E-state index >= 15 is 0 Å². The maximum absolute atomic E-state index is 12.9. The lowest BCUT2D eigenvalue weighted by Gasteiger charge is -2.08. The van der Waals surface area contributed by atoms with Crippen LogP contribution in [0.5, 0.6) is 0 Å². The number of alkyl halides is 3. The van der Waals surface area contributed by atoms with Gasteiger partial charge in [-0.3, -0.25) is 4.79 Å². The van der Waals surface area contributed by atoms with Crippen molar-refractivity contribution in [2.45, 2.75) is 20.0 Å². The van der Waals surface area contributed by atoms with Crippen molar-refractivity contribution in [1.29, 1.82) is 0 Å². The number of aromatic nitrogens is 1. The predicted molar refractivity (Wildman–Crippen MR) is 83.6 cm³/mol. The van der Waals surface area contributed by atoms with Crippen LogP contribution in [0, 0.1) is 13.8 Å². The van der Waals surface area contributed by atoms with Crippen LogP contribution in [0.4, 0.5) is 13.2 Å². The van der Waals surface area contributed by atoms with Crippen LogP contribution in [0.3, 0.4) is 0 Å². The van der Waals surface area contributed by atoms with Gasteiger partial charge >= 0.3 is 6.18 Å². The van der Waals surface area contributed by atoms with Crippen molar-refractivity contribution in [2.24, 2.45) is 0 Å². The molecule has 0 aliphatic heterocycles. The molecule has 1 aromatic heterocycles. The molecule has 0 saturated heterocycles. The highest BCUT2D eigenvalue weighted by Gasteiger charge is 2.30. The summed E-state index contributed by atoms with van der Waals surface area (Å²) in [6.07, 6.45) is -3.73. The zero-order valence-corrected chi connectivity index (χ0v) is 12.6. The fourth-order valence-electron chi connectivity index (χ4n) is 2.83. The fraction of sp³-hybridized carbons (Fsp3) is 0.167. The molecular formula is C18H14F3NO. The SMILES string of the molecule is Cc1ccc(C)c2c(C=O)c(-c3cccc(C(F)(F)F)c3)[nH]c12. The van der Waals surface area contributed by atoms with Crippen LogP contribution in [0.25, 0.3) is 22.2 Å². The van der Waals surface area contributed by atoms with Gasteiger partial charge in [-0.05, 0) is 42.7 Å². The van der Waals surface area contributed by atoms with Crippen molar-refractivity contribution in [2.75, 3.05) is 0 Å². The number of halogens is 3. The van der Waals surface area contributed by atoms with Crippen LogP contribution in [0.2, 0.25) is 0 Å². The molecule has 3 aromatic rings. The molecule has 118 valence electrons. The molecule has 0 aliphatic carbocycles. The van der Waals surface area contributed by atoms with Crippen LogP contribution < -0.4 is 0 Å². The van der Waals surface area contributed by atoms with Crippen LogP contribution in [0.15, 0.2) is 36.4 Å². The minimum atomic E-state index is -4.42. The number of carbonyl (C=O) groups excluding carboxylic acids is 1. The first-order chi connectivity index (χ1) is 10.8. The number of benzene rings is 2. The van der Waals surface area contributed by atoms with Gasteiger partial charge in [-0.2, -0.15) is 13.2 Å². The minimum Gasteiger partial charge on any atom is -0.354 e. The Balaban J connectivity index is 2.31. The number of rotatable bonds is 2. The molecule has 0 amide bonds. The van der Waals surface area contributed by atoms with Crippen LogP contribution in [0.1, 0.15) is 27.0 Å². The topological polar surface area (TPSA) is 32.9 Å². The standard InChI is InChI=1S/C18H14F3NO/c1-10-6-7-11(2)16-15(10)14(9-23)17(22-16)12-4-3-5-13(8-12)18(19,20)21/h3-9,22H,1-2H3. The number of aromatic amines is 1. The monoisotopic (exact) mass is 317 g/mol. The highest BCUT2D eigenvalue weighted by molar-refractivity contribution is 6.06. The quantitative estimate of drug-likeness (QED) is 0.641. The third-order valence-corrected chi connectivity index (χ3v) is 4.01. The lowest BCUT2D eigenvalue weighted by Crippen LogP contribution is -2.04. The molecule has 0 saturated carbocycles. The van der Waals surface area contributed by atoms with Gasteiger partial charge in [0, 0.05) is 16.5 Å². The second-order valence-electron chi connectivity index (χ2n) is 5.56. The van der Waals surface area contributed by atoms with Gasteiger partial charge in [-0.25, -0.2) is 0 Å². The zero-order chi connectivity index (χ0) is 16.8. The van der Waals surface area contributed by atoms with Crippen LogP contribution in [-0.4, -0.2) is 11.3 Å². The summed E-state index contributed by atoms with van der Waals surface area (Å²) in [5.74, 6) is 0. The van der Waals surface area contributed by atoms with E-state index in [-0.39, 0.29) is 0 Å². The maximum Gasteiger partial charge on any atom is 0.416 e. The summed E-state index contributed by atoms with van der Waals surface area (Å²) in [4.78, 5) is 14.7. The van der Waals surface area contributed by atoms with Crippen molar-refractivity contribution in [3.8, 4) is 11.3 Å². The number of hydrogen-bond donors (Lipinski definition) is 1. The molecule has 0 aliphatic rings. The molecular weight excluding hydrogens is 303 g/mol. The third kappa shape index (κ3) is 2.52. The van der Waals surface area contributed by atoms with E-state index in [2.05, 4.69) is 4.98 Å². The molecule has 0 bridgehead atoms. The smallest absolute Gasteiger partial charge is 0.354 e. The second kappa shape index (κ2) is 5.26. The molecule has 0 unspecified atom stereocenters. The molecule has 0 spiro atoms. The van der Waals surface area contributed by atoms with Gasteiger partial charge in [-0.15, -0.1) is 0 Å². The Bertz CT molecular complexity index is 907. The number of hydrogen-bond acceptors (Lipinski definition) is 1. The summed E-state index contributed by atoms with van der Waals surface area (Å²) in [5, 5.41) is 0.757. The summed E-state index contributed by atoms with van der Waals surface area (Å²) in [6, 6.07) is 8.80. The molecule has 0 radical (unpaired) electrons. The minimum absolute atomic E-state index is 0.344. The van der Waals surface area contributed by atoms with Gasteiger partial charge in [0.05, 0.1) is 11.3 Å². The normalized spacial score (nSPS) is 11.9.